The summed E-state index contributed by atoms with van der Waals surface area (Å²) in [6.45, 7) is 2.59. The van der Waals surface area contributed by atoms with Gasteiger partial charge < -0.3 is 4.90 Å². The van der Waals surface area contributed by atoms with Crippen molar-refractivity contribution in [1.82, 2.24) is 9.88 Å². The van der Waals surface area contributed by atoms with Crippen molar-refractivity contribution in [2.24, 2.45) is 0 Å². The minimum absolute atomic E-state index is 0.0684. The summed E-state index contributed by atoms with van der Waals surface area (Å²) in [6, 6.07) is 7.19. The lowest BCUT2D eigenvalue weighted by atomic mass is 10.1. The normalized spacial score (nSPS) is 10.7. The monoisotopic (exact) mass is 342 g/mol. The van der Waals surface area contributed by atoms with E-state index in [0.717, 1.165) is 27.7 Å². The number of thiophene rings is 1. The average Bonchev–Trinajstić information content (AvgIpc) is 2.83. The smallest absolute Gasteiger partial charge is 0.254 e. The van der Waals surface area contributed by atoms with Gasteiger partial charge in [-0.3, -0.25) is 4.79 Å². The number of hydrogen-bond donors (Lipinski definition) is 0. The Kier molecular flexibility index (Phi) is 5.62. The maximum absolute atomic E-state index is 12.5. The Morgan fingerprint density at radius 1 is 1.33 bits per heavy atom. The Morgan fingerprint density at radius 3 is 2.71 bits per heavy atom. The quantitative estimate of drug-likeness (QED) is 0.739. The first kappa shape index (κ1) is 16.3. The van der Waals surface area contributed by atoms with E-state index in [0.29, 0.717) is 17.3 Å². The number of hydrogen-bond acceptors (Lipinski definition) is 3. The fraction of sp³-hybridized carbons (Fsp3) is 0.333. The summed E-state index contributed by atoms with van der Waals surface area (Å²) in [5, 5.41) is 0.358. The van der Waals surface area contributed by atoms with Crippen molar-refractivity contribution < 1.29 is 4.79 Å². The SMILES string of the molecule is CCCc1cc(C(=O)N(C)Cc2ccc(Cl)s2)cc(Cl)n1. The van der Waals surface area contributed by atoms with Crippen molar-refractivity contribution in [2.75, 3.05) is 7.05 Å². The molecular weight excluding hydrogens is 327 g/mol. The summed E-state index contributed by atoms with van der Waals surface area (Å²) in [6.07, 6.45) is 1.77. The van der Waals surface area contributed by atoms with Gasteiger partial charge in [0.1, 0.15) is 5.15 Å². The first-order valence-electron chi connectivity index (χ1n) is 6.65. The molecule has 0 saturated heterocycles. The number of nitrogens with zero attached hydrogens (tertiary/aromatic N) is 2. The van der Waals surface area contributed by atoms with Crippen molar-refractivity contribution >= 4 is 40.4 Å². The molecule has 1 amide bonds. The van der Waals surface area contributed by atoms with Gasteiger partial charge in [0.15, 0.2) is 0 Å². The van der Waals surface area contributed by atoms with E-state index in [4.69, 9.17) is 23.2 Å². The summed E-state index contributed by atoms with van der Waals surface area (Å²) in [4.78, 5) is 19.4. The van der Waals surface area contributed by atoms with Crippen LogP contribution in [0.3, 0.4) is 0 Å². The second-order valence-corrected chi connectivity index (χ2v) is 6.97. The van der Waals surface area contributed by atoms with E-state index in [9.17, 15) is 4.79 Å². The topological polar surface area (TPSA) is 33.2 Å². The molecule has 0 aliphatic carbocycles. The highest BCUT2D eigenvalue weighted by Crippen LogP contribution is 2.23. The van der Waals surface area contributed by atoms with Crippen molar-refractivity contribution in [1.29, 1.82) is 0 Å². The van der Waals surface area contributed by atoms with Crippen LogP contribution in [0.15, 0.2) is 24.3 Å². The van der Waals surface area contributed by atoms with E-state index < -0.39 is 0 Å². The van der Waals surface area contributed by atoms with Crippen LogP contribution in [0.1, 0.15) is 34.3 Å². The first-order chi connectivity index (χ1) is 9.99. The molecular formula is C15H16Cl2N2OS. The van der Waals surface area contributed by atoms with E-state index in [1.54, 1.807) is 18.0 Å². The molecule has 21 heavy (non-hydrogen) atoms. The second-order valence-electron chi connectivity index (χ2n) is 4.79. The van der Waals surface area contributed by atoms with Crippen LogP contribution in [0, 0.1) is 0 Å². The fourth-order valence-electron chi connectivity index (χ4n) is 2.02. The molecule has 2 rings (SSSR count). The molecule has 2 aromatic heterocycles. The third-order valence-corrected chi connectivity index (χ3v) is 4.38. The van der Waals surface area contributed by atoms with Crippen LogP contribution in [0.4, 0.5) is 0 Å². The number of carbonyl (C=O) groups excluding carboxylic acids is 1. The zero-order valence-electron chi connectivity index (χ0n) is 11.9. The Balaban J connectivity index is 2.14. The van der Waals surface area contributed by atoms with Crippen molar-refractivity contribution in [3.8, 4) is 0 Å². The lowest BCUT2D eigenvalue weighted by Crippen LogP contribution is -2.26. The molecule has 2 aromatic rings. The molecule has 0 spiro atoms. The summed E-state index contributed by atoms with van der Waals surface area (Å²) >= 11 is 13.4. The van der Waals surface area contributed by atoms with Crippen LogP contribution in [0.25, 0.3) is 0 Å². The van der Waals surface area contributed by atoms with Gasteiger partial charge in [0, 0.05) is 23.2 Å². The maximum atomic E-state index is 12.5. The molecule has 0 aliphatic heterocycles. The minimum atomic E-state index is -0.0684. The minimum Gasteiger partial charge on any atom is -0.337 e. The van der Waals surface area contributed by atoms with Crippen LogP contribution in [-0.4, -0.2) is 22.8 Å². The molecule has 0 radical (unpaired) electrons. The van der Waals surface area contributed by atoms with Gasteiger partial charge in [-0.25, -0.2) is 4.98 Å². The van der Waals surface area contributed by atoms with E-state index in [-0.39, 0.29) is 5.91 Å². The Bertz CT molecular complexity index is 642. The van der Waals surface area contributed by atoms with Crippen LogP contribution < -0.4 is 0 Å². The molecule has 0 aliphatic rings. The third-order valence-electron chi connectivity index (χ3n) is 2.97. The molecule has 112 valence electrons. The average molecular weight is 343 g/mol. The van der Waals surface area contributed by atoms with Gasteiger partial charge in [0.2, 0.25) is 0 Å². The number of rotatable bonds is 5. The highest BCUT2D eigenvalue weighted by Gasteiger charge is 2.15. The molecule has 0 bridgehead atoms. The van der Waals surface area contributed by atoms with E-state index in [2.05, 4.69) is 11.9 Å². The summed E-state index contributed by atoms with van der Waals surface area (Å²) in [7, 11) is 1.77. The number of aromatic nitrogens is 1. The molecule has 6 heteroatoms. The Morgan fingerprint density at radius 2 is 2.10 bits per heavy atom. The zero-order valence-corrected chi connectivity index (χ0v) is 14.2. The van der Waals surface area contributed by atoms with Gasteiger partial charge >= 0.3 is 0 Å². The lowest BCUT2D eigenvalue weighted by molar-refractivity contribution is 0.0786. The van der Waals surface area contributed by atoms with Crippen molar-refractivity contribution in [3.63, 3.8) is 0 Å². The molecule has 3 nitrogen and oxygen atoms in total. The Hall–Kier alpha value is -1.10. The molecule has 2 heterocycles. The molecule has 0 unspecified atom stereocenters. The number of carbonyl (C=O) groups is 1. The largest absolute Gasteiger partial charge is 0.337 e. The molecule has 0 fully saturated rings. The predicted molar refractivity (Wildman–Crippen MR) is 88.4 cm³/mol. The lowest BCUT2D eigenvalue weighted by Gasteiger charge is -2.16. The van der Waals surface area contributed by atoms with E-state index in [1.807, 2.05) is 18.2 Å². The van der Waals surface area contributed by atoms with Crippen LogP contribution >= 0.6 is 34.5 Å². The van der Waals surface area contributed by atoms with Gasteiger partial charge in [0.05, 0.1) is 10.9 Å². The zero-order chi connectivity index (χ0) is 15.4. The highest BCUT2D eigenvalue weighted by molar-refractivity contribution is 7.16. The number of pyridine rings is 1. The molecule has 0 aromatic carbocycles. The number of aryl methyl sites for hydroxylation is 1. The van der Waals surface area contributed by atoms with Gasteiger partial charge in [-0.05, 0) is 30.7 Å². The van der Waals surface area contributed by atoms with Crippen LogP contribution in [0.2, 0.25) is 9.49 Å². The van der Waals surface area contributed by atoms with Crippen molar-refractivity contribution in [2.45, 2.75) is 26.3 Å². The van der Waals surface area contributed by atoms with Gasteiger partial charge in [-0.15, -0.1) is 11.3 Å². The summed E-state index contributed by atoms with van der Waals surface area (Å²) in [5.41, 5.74) is 1.42. The standard InChI is InChI=1S/C15H16Cl2N2OS/c1-3-4-11-7-10(8-13(16)18-11)15(20)19(2)9-12-5-6-14(17)21-12/h5-8H,3-4,9H2,1-2H3. The predicted octanol–water partition coefficient (Wildman–Crippen LogP) is 4.67. The van der Waals surface area contributed by atoms with Gasteiger partial charge in [0.25, 0.3) is 5.91 Å². The second kappa shape index (κ2) is 7.25. The third kappa shape index (κ3) is 4.43. The molecule has 0 atom stereocenters. The van der Waals surface area contributed by atoms with Crippen molar-refractivity contribution in [3.05, 3.63) is 49.9 Å². The fourth-order valence-corrected chi connectivity index (χ4v) is 3.39. The van der Waals surface area contributed by atoms with E-state index >= 15 is 0 Å². The summed E-state index contributed by atoms with van der Waals surface area (Å²) < 4.78 is 0.725. The molecule has 0 N–H and O–H groups in total. The first-order valence-corrected chi connectivity index (χ1v) is 8.23. The maximum Gasteiger partial charge on any atom is 0.254 e. The number of amides is 1. The van der Waals surface area contributed by atoms with Gasteiger partial charge in [-0.2, -0.15) is 0 Å². The van der Waals surface area contributed by atoms with Crippen LogP contribution in [0.5, 0.6) is 0 Å². The Labute approximate surface area is 138 Å². The molecule has 0 saturated carbocycles. The van der Waals surface area contributed by atoms with E-state index in [1.165, 1.54) is 11.3 Å². The van der Waals surface area contributed by atoms with Crippen LogP contribution in [-0.2, 0) is 13.0 Å². The van der Waals surface area contributed by atoms with Gasteiger partial charge in [-0.1, -0.05) is 36.5 Å². The summed E-state index contributed by atoms with van der Waals surface area (Å²) in [5.74, 6) is -0.0684. The number of halogens is 2. The highest BCUT2D eigenvalue weighted by atomic mass is 35.5.